The molecule has 1 atom stereocenters. The number of H-pyrrole nitrogens is 1. The van der Waals surface area contributed by atoms with Crippen molar-refractivity contribution in [2.24, 2.45) is 0 Å². The largest absolute Gasteiger partial charge is 0.355 e. The van der Waals surface area contributed by atoms with Crippen LogP contribution in [0.1, 0.15) is 36.1 Å². The van der Waals surface area contributed by atoms with Crippen LogP contribution in [-0.4, -0.2) is 33.8 Å². The summed E-state index contributed by atoms with van der Waals surface area (Å²) >= 11 is 0. The molecule has 4 aromatic rings. The van der Waals surface area contributed by atoms with Gasteiger partial charge in [0, 0.05) is 41.1 Å². The standard InChI is InChI=1S/C27H30N4/c1-30(2)27(22-9-4-3-5-10-22)16-13-21(14-17-27)26-24(15-20-31-19-8-18-28-31)23-11-6-7-12-25(23)29-26/h3-13,18-19,29H,14-17,20H2,1-2H3. The average Bonchev–Trinajstić information content (AvgIpc) is 3.46. The summed E-state index contributed by atoms with van der Waals surface area (Å²) in [6, 6.07) is 21.6. The maximum atomic E-state index is 4.40. The maximum absolute atomic E-state index is 4.40. The average molecular weight is 411 g/mol. The van der Waals surface area contributed by atoms with E-state index in [1.54, 1.807) is 0 Å². The van der Waals surface area contributed by atoms with E-state index in [2.05, 4.69) is 89.8 Å². The third kappa shape index (κ3) is 3.61. The number of aryl methyl sites for hydroxylation is 2. The van der Waals surface area contributed by atoms with Gasteiger partial charge in [-0.3, -0.25) is 9.58 Å². The summed E-state index contributed by atoms with van der Waals surface area (Å²) in [4.78, 5) is 6.15. The summed E-state index contributed by atoms with van der Waals surface area (Å²) in [5.41, 5.74) is 6.86. The van der Waals surface area contributed by atoms with Gasteiger partial charge in [-0.15, -0.1) is 0 Å². The Hall–Kier alpha value is -3.11. The molecule has 31 heavy (non-hydrogen) atoms. The second-order valence-corrected chi connectivity index (χ2v) is 8.77. The molecule has 1 aliphatic rings. The molecular weight excluding hydrogens is 380 g/mol. The number of nitrogens with one attached hydrogen (secondary N) is 1. The third-order valence-electron chi connectivity index (χ3n) is 6.95. The lowest BCUT2D eigenvalue weighted by Gasteiger charge is -2.43. The Morgan fingerprint density at radius 1 is 1.03 bits per heavy atom. The summed E-state index contributed by atoms with van der Waals surface area (Å²) in [5.74, 6) is 0. The first-order valence-corrected chi connectivity index (χ1v) is 11.2. The van der Waals surface area contributed by atoms with Crippen LogP contribution in [0.4, 0.5) is 0 Å². The number of nitrogens with zero attached hydrogens (tertiary/aromatic N) is 3. The van der Waals surface area contributed by atoms with Crippen LogP contribution < -0.4 is 0 Å². The van der Waals surface area contributed by atoms with Crippen LogP contribution >= 0.6 is 0 Å². The van der Waals surface area contributed by atoms with Crippen molar-refractivity contribution in [3.8, 4) is 0 Å². The molecule has 0 saturated heterocycles. The topological polar surface area (TPSA) is 36.9 Å². The van der Waals surface area contributed by atoms with Crippen LogP contribution in [0.5, 0.6) is 0 Å². The highest BCUT2D eigenvalue weighted by molar-refractivity contribution is 5.89. The fourth-order valence-electron chi connectivity index (χ4n) is 5.13. The molecule has 0 amide bonds. The van der Waals surface area contributed by atoms with E-state index < -0.39 is 0 Å². The smallest absolute Gasteiger partial charge is 0.0492 e. The van der Waals surface area contributed by atoms with E-state index in [0.717, 1.165) is 32.2 Å². The highest BCUT2D eigenvalue weighted by Gasteiger charge is 2.36. The monoisotopic (exact) mass is 410 g/mol. The van der Waals surface area contributed by atoms with Gasteiger partial charge in [-0.05, 0) is 68.6 Å². The normalized spacial score (nSPS) is 19.1. The van der Waals surface area contributed by atoms with E-state index >= 15 is 0 Å². The molecule has 1 aliphatic carbocycles. The van der Waals surface area contributed by atoms with E-state index in [4.69, 9.17) is 0 Å². The fraction of sp³-hybridized carbons (Fsp3) is 0.296. The van der Waals surface area contributed by atoms with Crippen LogP contribution in [-0.2, 0) is 18.5 Å². The predicted molar refractivity (Wildman–Crippen MR) is 128 cm³/mol. The first kappa shape index (κ1) is 19.8. The number of aromatic amines is 1. The molecule has 1 unspecified atom stereocenters. The number of para-hydroxylation sites is 1. The van der Waals surface area contributed by atoms with Gasteiger partial charge in [0.25, 0.3) is 0 Å². The number of benzene rings is 2. The van der Waals surface area contributed by atoms with Gasteiger partial charge >= 0.3 is 0 Å². The quantitative estimate of drug-likeness (QED) is 0.447. The maximum Gasteiger partial charge on any atom is 0.0492 e. The van der Waals surface area contributed by atoms with Crippen molar-refractivity contribution in [1.29, 1.82) is 0 Å². The minimum atomic E-state index is 0.0615. The minimum Gasteiger partial charge on any atom is -0.355 e. The molecule has 2 aromatic carbocycles. The summed E-state index contributed by atoms with van der Waals surface area (Å²) < 4.78 is 2.02. The molecule has 0 radical (unpaired) electrons. The summed E-state index contributed by atoms with van der Waals surface area (Å²) in [6.45, 7) is 0.890. The lowest BCUT2D eigenvalue weighted by atomic mass is 9.75. The number of allylic oxidation sites excluding steroid dienone is 1. The van der Waals surface area contributed by atoms with Crippen molar-refractivity contribution in [1.82, 2.24) is 19.7 Å². The van der Waals surface area contributed by atoms with E-state index in [1.165, 1.54) is 33.3 Å². The summed E-state index contributed by atoms with van der Waals surface area (Å²) in [7, 11) is 4.43. The lowest BCUT2D eigenvalue weighted by molar-refractivity contribution is 0.138. The van der Waals surface area contributed by atoms with Crippen LogP contribution in [0.2, 0.25) is 0 Å². The van der Waals surface area contributed by atoms with E-state index in [9.17, 15) is 0 Å². The predicted octanol–water partition coefficient (Wildman–Crippen LogP) is 5.63. The van der Waals surface area contributed by atoms with E-state index in [1.807, 2.05) is 23.1 Å². The SMILES string of the molecule is CN(C)C1(c2ccccc2)CC=C(c2[nH]c3ccccc3c2CCn2cccn2)CC1. The zero-order valence-corrected chi connectivity index (χ0v) is 18.4. The Morgan fingerprint density at radius 3 is 2.55 bits per heavy atom. The molecule has 2 aromatic heterocycles. The van der Waals surface area contributed by atoms with Gasteiger partial charge in [-0.2, -0.15) is 5.10 Å². The van der Waals surface area contributed by atoms with Crippen molar-refractivity contribution in [3.63, 3.8) is 0 Å². The molecule has 0 bridgehead atoms. The van der Waals surface area contributed by atoms with Gasteiger partial charge < -0.3 is 4.98 Å². The molecule has 4 nitrogen and oxygen atoms in total. The second-order valence-electron chi connectivity index (χ2n) is 8.77. The van der Waals surface area contributed by atoms with Crippen molar-refractivity contribution >= 4 is 16.5 Å². The van der Waals surface area contributed by atoms with E-state index in [0.29, 0.717) is 0 Å². The van der Waals surface area contributed by atoms with Crippen LogP contribution in [0.3, 0.4) is 0 Å². The van der Waals surface area contributed by atoms with Gasteiger partial charge in [0.05, 0.1) is 0 Å². The van der Waals surface area contributed by atoms with Gasteiger partial charge in [0.15, 0.2) is 0 Å². The number of hydrogen-bond donors (Lipinski definition) is 1. The number of aromatic nitrogens is 3. The first-order valence-electron chi connectivity index (χ1n) is 11.2. The van der Waals surface area contributed by atoms with Crippen molar-refractivity contribution < 1.29 is 0 Å². The first-order chi connectivity index (χ1) is 15.2. The minimum absolute atomic E-state index is 0.0615. The molecule has 158 valence electrons. The fourth-order valence-corrected chi connectivity index (χ4v) is 5.13. The van der Waals surface area contributed by atoms with Crippen molar-refractivity contribution in [3.05, 3.63) is 96.0 Å². The van der Waals surface area contributed by atoms with Gasteiger partial charge in [-0.25, -0.2) is 0 Å². The molecule has 4 heteroatoms. The third-order valence-corrected chi connectivity index (χ3v) is 6.95. The summed E-state index contributed by atoms with van der Waals surface area (Å²) in [6.07, 6.45) is 10.5. The Kier molecular flexibility index (Phi) is 5.24. The Balaban J connectivity index is 1.50. The number of rotatable bonds is 6. The van der Waals surface area contributed by atoms with Crippen LogP contribution in [0, 0.1) is 0 Å². The van der Waals surface area contributed by atoms with Gasteiger partial charge in [-0.1, -0.05) is 54.6 Å². The van der Waals surface area contributed by atoms with Crippen LogP contribution in [0.15, 0.2) is 79.1 Å². The Morgan fingerprint density at radius 2 is 1.84 bits per heavy atom. The Labute approximate surface area is 184 Å². The van der Waals surface area contributed by atoms with Crippen molar-refractivity contribution in [2.75, 3.05) is 14.1 Å². The molecule has 1 N–H and O–H groups in total. The molecule has 0 aliphatic heterocycles. The van der Waals surface area contributed by atoms with Crippen LogP contribution in [0.25, 0.3) is 16.5 Å². The molecule has 5 rings (SSSR count). The zero-order valence-electron chi connectivity index (χ0n) is 18.4. The van der Waals surface area contributed by atoms with Crippen molar-refractivity contribution in [2.45, 2.75) is 37.8 Å². The Bertz CT molecular complexity index is 1180. The van der Waals surface area contributed by atoms with Gasteiger partial charge in [0.1, 0.15) is 0 Å². The molecule has 2 heterocycles. The molecular formula is C27H30N4. The second kappa shape index (κ2) is 8.20. The number of fused-ring (bicyclic) bond motifs is 1. The zero-order chi connectivity index (χ0) is 21.3. The molecule has 0 saturated carbocycles. The summed E-state index contributed by atoms with van der Waals surface area (Å²) in [5, 5.41) is 5.73. The molecule has 0 fully saturated rings. The highest BCUT2D eigenvalue weighted by Crippen LogP contribution is 2.43. The van der Waals surface area contributed by atoms with E-state index in [-0.39, 0.29) is 5.54 Å². The molecule has 0 spiro atoms. The van der Waals surface area contributed by atoms with Gasteiger partial charge in [0.2, 0.25) is 0 Å². The lowest BCUT2D eigenvalue weighted by Crippen LogP contribution is -2.42. The number of hydrogen-bond acceptors (Lipinski definition) is 2. The highest BCUT2D eigenvalue weighted by atomic mass is 15.3.